The summed E-state index contributed by atoms with van der Waals surface area (Å²) >= 11 is 1.59. The van der Waals surface area contributed by atoms with Gasteiger partial charge in [-0.2, -0.15) is 5.10 Å². The zero-order valence-corrected chi connectivity index (χ0v) is 14.1. The number of nitrogens with zero attached hydrogens (tertiary/aromatic N) is 3. The molecule has 0 saturated carbocycles. The highest BCUT2D eigenvalue weighted by Gasteiger charge is 2.13. The molecule has 9 heteroatoms. The molecule has 1 fully saturated rings. The van der Waals surface area contributed by atoms with E-state index in [9.17, 15) is 14.9 Å². The van der Waals surface area contributed by atoms with Crippen LogP contribution in [0.25, 0.3) is 0 Å². The van der Waals surface area contributed by atoms with E-state index in [1.807, 2.05) is 12.1 Å². The minimum Gasteiger partial charge on any atom is -0.378 e. The fourth-order valence-corrected chi connectivity index (χ4v) is 3.25. The molecule has 1 saturated heterocycles. The molecule has 0 unspecified atom stereocenters. The van der Waals surface area contributed by atoms with Crippen LogP contribution in [-0.2, 0) is 4.74 Å². The molecular formula is C16H16N4O4S. The first kappa shape index (κ1) is 17.1. The monoisotopic (exact) mass is 360 g/mol. The number of ether oxygens (including phenoxy) is 1. The SMILES string of the molecule is O=C(NN=Cc1ccc(N2CCOCC2)s1)c1ccc([N+](=O)[O-])cc1. The summed E-state index contributed by atoms with van der Waals surface area (Å²) in [4.78, 5) is 25.2. The van der Waals surface area contributed by atoms with Crippen molar-refractivity contribution < 1.29 is 14.5 Å². The predicted molar refractivity (Wildman–Crippen MR) is 95.5 cm³/mol. The molecule has 2 aromatic rings. The molecule has 1 aliphatic heterocycles. The van der Waals surface area contributed by atoms with Gasteiger partial charge in [-0.05, 0) is 24.3 Å². The lowest BCUT2D eigenvalue weighted by Crippen LogP contribution is -2.35. The molecule has 25 heavy (non-hydrogen) atoms. The minimum atomic E-state index is -0.511. The number of nitro groups is 1. The summed E-state index contributed by atoms with van der Waals surface area (Å²) in [5.41, 5.74) is 2.67. The second-order valence-electron chi connectivity index (χ2n) is 5.28. The molecule has 1 amide bonds. The molecule has 0 bridgehead atoms. The lowest BCUT2D eigenvalue weighted by molar-refractivity contribution is -0.384. The molecule has 0 atom stereocenters. The lowest BCUT2D eigenvalue weighted by Gasteiger charge is -2.27. The van der Waals surface area contributed by atoms with Crippen LogP contribution in [0.4, 0.5) is 10.7 Å². The van der Waals surface area contributed by atoms with Crippen LogP contribution in [0.2, 0.25) is 0 Å². The predicted octanol–water partition coefficient (Wildman–Crippen LogP) is 2.26. The number of nitro benzene ring substituents is 1. The first-order valence-corrected chi connectivity index (χ1v) is 8.45. The number of carbonyl (C=O) groups is 1. The summed E-state index contributed by atoms with van der Waals surface area (Å²) in [5.74, 6) is -0.420. The summed E-state index contributed by atoms with van der Waals surface area (Å²) in [6.07, 6.45) is 1.58. The maximum absolute atomic E-state index is 12.0. The number of non-ortho nitro benzene ring substituents is 1. The smallest absolute Gasteiger partial charge is 0.271 e. The van der Waals surface area contributed by atoms with E-state index < -0.39 is 10.8 Å². The standard InChI is InChI=1S/C16H16N4O4S/c21-16(12-1-3-13(4-2-12)20(22)23)18-17-11-14-5-6-15(25-14)19-7-9-24-10-8-19/h1-6,11H,7-10H2,(H,18,21). The maximum Gasteiger partial charge on any atom is 0.271 e. The Morgan fingerprint density at radius 1 is 1.24 bits per heavy atom. The molecular weight excluding hydrogens is 344 g/mol. The van der Waals surface area contributed by atoms with Crippen LogP contribution in [0, 0.1) is 10.1 Å². The highest BCUT2D eigenvalue weighted by atomic mass is 32.1. The number of anilines is 1. The van der Waals surface area contributed by atoms with Gasteiger partial charge in [-0.3, -0.25) is 14.9 Å². The molecule has 3 rings (SSSR count). The van der Waals surface area contributed by atoms with Crippen molar-refractivity contribution in [3.05, 3.63) is 57.0 Å². The van der Waals surface area contributed by atoms with Gasteiger partial charge in [0.05, 0.1) is 29.4 Å². The summed E-state index contributed by atoms with van der Waals surface area (Å²) in [6, 6.07) is 9.32. The Bertz CT molecular complexity index is 782. The van der Waals surface area contributed by atoms with E-state index in [0.717, 1.165) is 36.2 Å². The molecule has 0 spiro atoms. The second kappa shape index (κ2) is 7.86. The molecule has 1 aromatic heterocycles. The zero-order valence-electron chi connectivity index (χ0n) is 13.3. The van der Waals surface area contributed by atoms with Gasteiger partial charge in [0.2, 0.25) is 0 Å². The lowest BCUT2D eigenvalue weighted by atomic mass is 10.2. The van der Waals surface area contributed by atoms with Gasteiger partial charge in [0.25, 0.3) is 11.6 Å². The normalized spacial score (nSPS) is 14.6. The Labute approximate surface area is 147 Å². The number of hydrazone groups is 1. The third kappa shape index (κ3) is 4.40. The Kier molecular flexibility index (Phi) is 5.36. The molecule has 0 radical (unpaired) electrons. The Balaban J connectivity index is 1.56. The second-order valence-corrected chi connectivity index (χ2v) is 6.37. The summed E-state index contributed by atoms with van der Waals surface area (Å²) < 4.78 is 5.33. The van der Waals surface area contributed by atoms with E-state index in [-0.39, 0.29) is 5.69 Å². The van der Waals surface area contributed by atoms with Gasteiger partial charge in [0.15, 0.2) is 0 Å². The molecule has 1 aromatic carbocycles. The van der Waals surface area contributed by atoms with Crippen molar-refractivity contribution >= 4 is 34.1 Å². The highest BCUT2D eigenvalue weighted by molar-refractivity contribution is 7.17. The molecule has 2 heterocycles. The third-order valence-electron chi connectivity index (χ3n) is 3.63. The van der Waals surface area contributed by atoms with Gasteiger partial charge in [-0.1, -0.05) is 0 Å². The van der Waals surface area contributed by atoms with Crippen LogP contribution in [0.5, 0.6) is 0 Å². The van der Waals surface area contributed by atoms with Crippen molar-refractivity contribution in [2.45, 2.75) is 0 Å². The molecule has 1 N–H and O–H groups in total. The number of nitrogens with one attached hydrogen (secondary N) is 1. The van der Waals surface area contributed by atoms with Crippen LogP contribution in [0.1, 0.15) is 15.2 Å². The van der Waals surface area contributed by atoms with Crippen molar-refractivity contribution in [3.8, 4) is 0 Å². The van der Waals surface area contributed by atoms with Gasteiger partial charge < -0.3 is 9.64 Å². The molecule has 0 aliphatic carbocycles. The van der Waals surface area contributed by atoms with Crippen molar-refractivity contribution in [1.82, 2.24) is 5.43 Å². The first-order chi connectivity index (χ1) is 12.1. The van der Waals surface area contributed by atoms with E-state index in [0.29, 0.717) is 5.56 Å². The highest BCUT2D eigenvalue weighted by Crippen LogP contribution is 2.25. The molecule has 8 nitrogen and oxygen atoms in total. The average Bonchev–Trinajstić information content (AvgIpc) is 3.11. The van der Waals surface area contributed by atoms with Gasteiger partial charge in [0, 0.05) is 35.7 Å². The Hall–Kier alpha value is -2.78. The number of morpholine rings is 1. The zero-order chi connectivity index (χ0) is 17.6. The van der Waals surface area contributed by atoms with Crippen molar-refractivity contribution in [1.29, 1.82) is 0 Å². The average molecular weight is 360 g/mol. The van der Waals surface area contributed by atoms with Crippen molar-refractivity contribution in [2.75, 3.05) is 31.2 Å². The van der Waals surface area contributed by atoms with E-state index in [1.165, 1.54) is 24.3 Å². The first-order valence-electron chi connectivity index (χ1n) is 7.64. The van der Waals surface area contributed by atoms with Crippen molar-refractivity contribution in [2.24, 2.45) is 5.10 Å². The largest absolute Gasteiger partial charge is 0.378 e. The third-order valence-corrected chi connectivity index (χ3v) is 4.71. The number of amides is 1. The number of carbonyl (C=O) groups excluding carboxylic acids is 1. The van der Waals surface area contributed by atoms with E-state index in [2.05, 4.69) is 15.4 Å². The van der Waals surface area contributed by atoms with Gasteiger partial charge in [-0.15, -0.1) is 11.3 Å². The van der Waals surface area contributed by atoms with Gasteiger partial charge in [-0.25, -0.2) is 5.43 Å². The number of rotatable bonds is 5. The van der Waals surface area contributed by atoms with Crippen LogP contribution in [0.3, 0.4) is 0 Å². The van der Waals surface area contributed by atoms with Crippen molar-refractivity contribution in [3.63, 3.8) is 0 Å². The van der Waals surface area contributed by atoms with Gasteiger partial charge >= 0.3 is 0 Å². The van der Waals surface area contributed by atoms with E-state index >= 15 is 0 Å². The molecule has 1 aliphatic rings. The van der Waals surface area contributed by atoms with Gasteiger partial charge in [0.1, 0.15) is 0 Å². The summed E-state index contributed by atoms with van der Waals surface area (Å²) in [6.45, 7) is 3.20. The Morgan fingerprint density at radius 2 is 1.96 bits per heavy atom. The summed E-state index contributed by atoms with van der Waals surface area (Å²) in [7, 11) is 0. The van der Waals surface area contributed by atoms with E-state index in [4.69, 9.17) is 4.74 Å². The Morgan fingerprint density at radius 3 is 2.64 bits per heavy atom. The molecule has 130 valence electrons. The topological polar surface area (TPSA) is 97.1 Å². The number of hydrogen-bond acceptors (Lipinski definition) is 7. The van der Waals surface area contributed by atoms with Crippen LogP contribution in [0.15, 0.2) is 41.5 Å². The number of thiophene rings is 1. The quantitative estimate of drug-likeness (QED) is 0.501. The van der Waals surface area contributed by atoms with Crippen LogP contribution < -0.4 is 10.3 Å². The van der Waals surface area contributed by atoms with E-state index in [1.54, 1.807) is 17.6 Å². The van der Waals surface area contributed by atoms with Crippen LogP contribution in [-0.4, -0.2) is 43.3 Å². The van der Waals surface area contributed by atoms with Crippen LogP contribution >= 0.6 is 11.3 Å². The minimum absolute atomic E-state index is 0.0609. The number of benzene rings is 1. The summed E-state index contributed by atoms with van der Waals surface area (Å²) in [5, 5.41) is 15.7. The maximum atomic E-state index is 12.0. The fourth-order valence-electron chi connectivity index (χ4n) is 2.32. The number of hydrogen-bond donors (Lipinski definition) is 1. The fraction of sp³-hybridized carbons (Fsp3) is 0.250.